The smallest absolute Gasteiger partial charge is 0.265 e. The van der Waals surface area contributed by atoms with Crippen LogP contribution in [0.2, 0.25) is 0 Å². The van der Waals surface area contributed by atoms with Gasteiger partial charge in [0.15, 0.2) is 6.10 Å². The van der Waals surface area contributed by atoms with Crippen molar-refractivity contribution in [3.8, 4) is 5.75 Å². The highest BCUT2D eigenvalue weighted by molar-refractivity contribution is 5.97. The summed E-state index contributed by atoms with van der Waals surface area (Å²) >= 11 is 0. The summed E-state index contributed by atoms with van der Waals surface area (Å²) < 4.78 is 5.49. The lowest BCUT2D eigenvalue weighted by Gasteiger charge is -2.23. The van der Waals surface area contributed by atoms with Crippen LogP contribution in [0.25, 0.3) is 0 Å². The Kier molecular flexibility index (Phi) is 3.13. The number of Topliss-reactive ketones (excluding diaryl/α,β-unsaturated/α-hetero) is 1. The highest BCUT2D eigenvalue weighted by atomic mass is 16.5. The zero-order chi connectivity index (χ0) is 12.4. The minimum Gasteiger partial charge on any atom is -0.479 e. The standard InChI is InChI=1S/C13H15NO3/c1-8(15)3-4-10-5-6-11-12(7-10)17-9(2)13(16)14-11/h5-7,9H,3-4H2,1-2H3,(H,14,16). The van der Waals surface area contributed by atoms with E-state index in [2.05, 4.69) is 5.32 Å². The molecule has 17 heavy (non-hydrogen) atoms. The molecule has 1 amide bonds. The van der Waals surface area contributed by atoms with E-state index >= 15 is 0 Å². The number of nitrogens with one attached hydrogen (secondary N) is 1. The molecule has 1 aliphatic heterocycles. The zero-order valence-electron chi connectivity index (χ0n) is 9.95. The largest absolute Gasteiger partial charge is 0.479 e. The first-order valence-corrected chi connectivity index (χ1v) is 5.66. The Morgan fingerprint density at radius 3 is 2.94 bits per heavy atom. The van der Waals surface area contributed by atoms with E-state index in [0.29, 0.717) is 24.3 Å². The van der Waals surface area contributed by atoms with Gasteiger partial charge >= 0.3 is 0 Å². The topological polar surface area (TPSA) is 55.4 Å². The van der Waals surface area contributed by atoms with Crippen LogP contribution in [-0.2, 0) is 16.0 Å². The molecule has 0 radical (unpaired) electrons. The highest BCUT2D eigenvalue weighted by Crippen LogP contribution is 2.30. The van der Waals surface area contributed by atoms with Gasteiger partial charge in [-0.05, 0) is 38.0 Å². The van der Waals surface area contributed by atoms with E-state index in [9.17, 15) is 9.59 Å². The number of amides is 1. The summed E-state index contributed by atoms with van der Waals surface area (Å²) in [5, 5.41) is 2.77. The lowest BCUT2D eigenvalue weighted by Crippen LogP contribution is -2.34. The predicted molar refractivity (Wildman–Crippen MR) is 64.2 cm³/mol. The average Bonchev–Trinajstić information content (AvgIpc) is 2.28. The summed E-state index contributed by atoms with van der Waals surface area (Å²) in [5.41, 5.74) is 1.74. The molecule has 1 aromatic carbocycles. The Hall–Kier alpha value is -1.84. The second-order valence-corrected chi connectivity index (χ2v) is 4.28. The summed E-state index contributed by atoms with van der Waals surface area (Å²) in [4.78, 5) is 22.3. The molecular weight excluding hydrogens is 218 g/mol. The highest BCUT2D eigenvalue weighted by Gasteiger charge is 2.23. The van der Waals surface area contributed by atoms with E-state index < -0.39 is 6.10 Å². The van der Waals surface area contributed by atoms with Crippen LogP contribution in [0.15, 0.2) is 18.2 Å². The molecule has 0 fully saturated rings. The van der Waals surface area contributed by atoms with Crippen molar-refractivity contribution in [1.82, 2.24) is 0 Å². The van der Waals surface area contributed by atoms with Crippen molar-refractivity contribution in [1.29, 1.82) is 0 Å². The minimum atomic E-state index is -0.467. The molecule has 1 heterocycles. The molecule has 1 aromatic rings. The number of fused-ring (bicyclic) bond motifs is 1. The predicted octanol–water partition coefficient (Wildman–Crippen LogP) is 1.93. The molecule has 4 heteroatoms. The quantitative estimate of drug-likeness (QED) is 0.867. The van der Waals surface area contributed by atoms with Crippen molar-refractivity contribution < 1.29 is 14.3 Å². The molecule has 0 spiro atoms. The Balaban J connectivity index is 2.17. The van der Waals surface area contributed by atoms with Gasteiger partial charge in [-0.15, -0.1) is 0 Å². The van der Waals surface area contributed by atoms with Gasteiger partial charge in [-0.1, -0.05) is 6.07 Å². The van der Waals surface area contributed by atoms with Crippen molar-refractivity contribution in [2.75, 3.05) is 5.32 Å². The fourth-order valence-corrected chi connectivity index (χ4v) is 1.72. The second-order valence-electron chi connectivity index (χ2n) is 4.28. The molecule has 1 unspecified atom stereocenters. The fourth-order valence-electron chi connectivity index (χ4n) is 1.72. The maximum Gasteiger partial charge on any atom is 0.265 e. The van der Waals surface area contributed by atoms with Crippen LogP contribution >= 0.6 is 0 Å². The van der Waals surface area contributed by atoms with Crippen LogP contribution in [-0.4, -0.2) is 17.8 Å². The summed E-state index contributed by atoms with van der Waals surface area (Å²) in [6.07, 6.45) is 0.764. The van der Waals surface area contributed by atoms with Crippen molar-refractivity contribution in [2.45, 2.75) is 32.8 Å². The lowest BCUT2D eigenvalue weighted by atomic mass is 10.1. The van der Waals surface area contributed by atoms with Gasteiger partial charge in [0.25, 0.3) is 5.91 Å². The molecule has 0 saturated carbocycles. The van der Waals surface area contributed by atoms with Crippen LogP contribution in [0.3, 0.4) is 0 Å². The normalized spacial score (nSPS) is 18.0. The van der Waals surface area contributed by atoms with Gasteiger partial charge in [0, 0.05) is 6.42 Å². The van der Waals surface area contributed by atoms with Crippen molar-refractivity contribution in [3.63, 3.8) is 0 Å². The Bertz CT molecular complexity index is 468. The lowest BCUT2D eigenvalue weighted by molar-refractivity contribution is -0.122. The summed E-state index contributed by atoms with van der Waals surface area (Å²) in [6.45, 7) is 3.29. The van der Waals surface area contributed by atoms with Gasteiger partial charge in [0.05, 0.1) is 5.69 Å². The van der Waals surface area contributed by atoms with Gasteiger partial charge in [0.2, 0.25) is 0 Å². The Morgan fingerprint density at radius 1 is 1.47 bits per heavy atom. The van der Waals surface area contributed by atoms with E-state index in [1.807, 2.05) is 18.2 Å². The third-order valence-corrected chi connectivity index (χ3v) is 2.74. The number of rotatable bonds is 3. The van der Waals surface area contributed by atoms with Gasteiger partial charge in [-0.2, -0.15) is 0 Å². The van der Waals surface area contributed by atoms with Crippen LogP contribution in [0, 0.1) is 0 Å². The van der Waals surface area contributed by atoms with Gasteiger partial charge in [-0.25, -0.2) is 0 Å². The van der Waals surface area contributed by atoms with Crippen LogP contribution in [0.1, 0.15) is 25.8 Å². The number of hydrogen-bond donors (Lipinski definition) is 1. The van der Waals surface area contributed by atoms with E-state index in [1.165, 1.54) is 0 Å². The molecule has 0 aliphatic carbocycles. The average molecular weight is 233 g/mol. The van der Waals surface area contributed by atoms with Gasteiger partial charge < -0.3 is 14.8 Å². The number of carbonyl (C=O) groups excluding carboxylic acids is 2. The molecular formula is C13H15NO3. The van der Waals surface area contributed by atoms with Crippen molar-refractivity contribution in [2.24, 2.45) is 0 Å². The van der Waals surface area contributed by atoms with Crippen LogP contribution in [0.4, 0.5) is 5.69 Å². The first kappa shape index (κ1) is 11.6. The van der Waals surface area contributed by atoms with Crippen molar-refractivity contribution in [3.05, 3.63) is 23.8 Å². The van der Waals surface area contributed by atoms with Gasteiger partial charge in [0.1, 0.15) is 11.5 Å². The summed E-state index contributed by atoms with van der Waals surface area (Å²) in [5.74, 6) is 0.720. The van der Waals surface area contributed by atoms with E-state index in [-0.39, 0.29) is 11.7 Å². The molecule has 1 aliphatic rings. The summed E-state index contributed by atoms with van der Waals surface area (Å²) in [6, 6.07) is 5.60. The number of aryl methyl sites for hydroxylation is 1. The number of carbonyl (C=O) groups is 2. The first-order valence-electron chi connectivity index (χ1n) is 5.66. The molecule has 1 atom stereocenters. The molecule has 0 aromatic heterocycles. The third kappa shape index (κ3) is 2.64. The van der Waals surface area contributed by atoms with E-state index in [4.69, 9.17) is 4.74 Å². The summed E-state index contributed by atoms with van der Waals surface area (Å²) in [7, 11) is 0. The molecule has 90 valence electrons. The monoisotopic (exact) mass is 233 g/mol. The maximum atomic E-state index is 11.4. The first-order chi connectivity index (χ1) is 8.06. The van der Waals surface area contributed by atoms with E-state index in [1.54, 1.807) is 13.8 Å². The molecule has 0 saturated heterocycles. The molecule has 0 bridgehead atoms. The second kappa shape index (κ2) is 4.57. The number of ether oxygens (including phenoxy) is 1. The number of ketones is 1. The maximum absolute atomic E-state index is 11.4. The molecule has 1 N–H and O–H groups in total. The fraction of sp³-hybridized carbons (Fsp3) is 0.385. The number of benzene rings is 1. The number of hydrogen-bond acceptors (Lipinski definition) is 3. The van der Waals surface area contributed by atoms with E-state index in [0.717, 1.165) is 5.56 Å². The van der Waals surface area contributed by atoms with Crippen LogP contribution in [0.5, 0.6) is 5.75 Å². The third-order valence-electron chi connectivity index (χ3n) is 2.74. The number of anilines is 1. The van der Waals surface area contributed by atoms with Crippen molar-refractivity contribution >= 4 is 17.4 Å². The van der Waals surface area contributed by atoms with Crippen LogP contribution < -0.4 is 10.1 Å². The Labute approximate surface area is 100.0 Å². The molecule has 4 nitrogen and oxygen atoms in total. The minimum absolute atomic E-state index is 0.131. The molecule has 2 rings (SSSR count). The van der Waals surface area contributed by atoms with Gasteiger partial charge in [-0.3, -0.25) is 4.79 Å². The Morgan fingerprint density at radius 2 is 2.24 bits per heavy atom. The zero-order valence-corrected chi connectivity index (χ0v) is 9.95. The SMILES string of the molecule is CC(=O)CCc1ccc2c(c1)OC(C)C(=O)N2.